The number of rotatable bonds is 1. The van der Waals surface area contributed by atoms with Gasteiger partial charge in [0.25, 0.3) is 5.91 Å². The number of carbonyl (C=O) groups excluding carboxylic acids is 1. The van der Waals surface area contributed by atoms with Gasteiger partial charge in [0, 0.05) is 10.2 Å². The number of aromatic hydroxyl groups is 1. The first kappa shape index (κ1) is 11.2. The van der Waals surface area contributed by atoms with Gasteiger partial charge in [-0.25, -0.2) is 4.99 Å². The number of nitrogens with two attached hydrogens (primary N) is 1. The molecular weight excluding hydrogens is 274 g/mol. The molecule has 1 aliphatic rings. The minimum atomic E-state index is -0.425. The summed E-state index contributed by atoms with van der Waals surface area (Å²) in [6.45, 7) is 0. The fourth-order valence-electron chi connectivity index (χ4n) is 1.80. The number of nitrogen functional groups attached to an aromatic ring is 1. The predicted molar refractivity (Wildman–Crippen MR) is 67.9 cm³/mol. The summed E-state index contributed by atoms with van der Waals surface area (Å²) in [5, 5.41) is 11.5. The highest BCUT2D eigenvalue weighted by atomic mass is 35.5. The standard InChI is InChI=1S/C11H6ClN3O2S/c12-4-1-2-6-5(3-4)7(9(16)14-6)8-10(17)15-11(13)18-8/h1-3,17H,(H2,13,15). The summed E-state index contributed by atoms with van der Waals surface area (Å²) in [5.41, 5.74) is 5.80. The van der Waals surface area contributed by atoms with Crippen LogP contribution in [0.15, 0.2) is 23.2 Å². The van der Waals surface area contributed by atoms with E-state index in [1.165, 1.54) is 0 Å². The van der Waals surface area contributed by atoms with Gasteiger partial charge in [-0.05, 0) is 18.2 Å². The number of carbonyl (C=O) groups is 1. The van der Waals surface area contributed by atoms with E-state index in [1.54, 1.807) is 18.2 Å². The van der Waals surface area contributed by atoms with Crippen LogP contribution in [0.2, 0.25) is 5.02 Å². The molecule has 18 heavy (non-hydrogen) atoms. The second-order valence-electron chi connectivity index (χ2n) is 3.66. The molecule has 0 bridgehead atoms. The molecule has 0 radical (unpaired) electrons. The third kappa shape index (κ3) is 1.58. The fourth-order valence-corrected chi connectivity index (χ4v) is 2.75. The zero-order valence-electron chi connectivity index (χ0n) is 8.85. The smallest absolute Gasteiger partial charge is 0.279 e. The topological polar surface area (TPSA) is 88.6 Å². The van der Waals surface area contributed by atoms with Crippen molar-refractivity contribution in [1.29, 1.82) is 0 Å². The summed E-state index contributed by atoms with van der Waals surface area (Å²) < 4.78 is 0. The molecule has 1 aliphatic heterocycles. The molecule has 3 N–H and O–H groups in total. The Morgan fingerprint density at radius 3 is 2.83 bits per heavy atom. The first-order chi connectivity index (χ1) is 8.56. The maximum Gasteiger partial charge on any atom is 0.279 e. The Hall–Kier alpha value is -1.92. The van der Waals surface area contributed by atoms with Gasteiger partial charge in [-0.3, -0.25) is 4.79 Å². The van der Waals surface area contributed by atoms with Gasteiger partial charge in [-0.1, -0.05) is 22.9 Å². The largest absolute Gasteiger partial charge is 0.492 e. The molecule has 3 rings (SSSR count). The van der Waals surface area contributed by atoms with E-state index in [9.17, 15) is 9.90 Å². The number of halogens is 1. The molecule has 1 aromatic heterocycles. The maximum atomic E-state index is 11.9. The number of hydrogen-bond acceptors (Lipinski definition) is 5. The molecule has 0 saturated carbocycles. The molecule has 2 aromatic rings. The van der Waals surface area contributed by atoms with Crippen molar-refractivity contribution >= 4 is 39.5 Å². The van der Waals surface area contributed by atoms with E-state index < -0.39 is 5.91 Å². The quantitative estimate of drug-likeness (QED) is 0.793. The SMILES string of the molecule is Nc1nc(O)c(C2=c3cc(Cl)ccc3=NC2=O)s1. The number of fused-ring (bicyclic) bond motifs is 1. The van der Waals surface area contributed by atoms with Crippen molar-refractivity contribution in [2.45, 2.75) is 0 Å². The first-order valence-electron chi connectivity index (χ1n) is 4.95. The number of anilines is 1. The molecule has 1 amide bonds. The molecule has 0 atom stereocenters. The van der Waals surface area contributed by atoms with Crippen molar-refractivity contribution in [3.05, 3.63) is 38.7 Å². The number of nitrogens with zero attached hydrogens (tertiary/aromatic N) is 2. The zero-order chi connectivity index (χ0) is 12.9. The predicted octanol–water partition coefficient (Wildman–Crippen LogP) is 0.443. The van der Waals surface area contributed by atoms with Crippen molar-refractivity contribution in [2.75, 3.05) is 5.73 Å². The van der Waals surface area contributed by atoms with Crippen molar-refractivity contribution < 1.29 is 9.90 Å². The minimum Gasteiger partial charge on any atom is -0.492 e. The average molecular weight is 280 g/mol. The average Bonchev–Trinajstić information content (AvgIpc) is 2.77. The lowest BCUT2D eigenvalue weighted by atomic mass is 10.1. The van der Waals surface area contributed by atoms with Gasteiger partial charge >= 0.3 is 0 Å². The highest BCUT2D eigenvalue weighted by molar-refractivity contribution is 7.17. The van der Waals surface area contributed by atoms with Gasteiger partial charge in [0.05, 0.1) is 10.9 Å². The highest BCUT2D eigenvalue weighted by Crippen LogP contribution is 2.32. The molecule has 0 fully saturated rings. The molecule has 5 nitrogen and oxygen atoms in total. The minimum absolute atomic E-state index is 0.193. The summed E-state index contributed by atoms with van der Waals surface area (Å²) in [6.07, 6.45) is 0. The van der Waals surface area contributed by atoms with E-state index in [1.807, 2.05) is 0 Å². The van der Waals surface area contributed by atoms with Gasteiger partial charge in [0.15, 0.2) is 5.13 Å². The lowest BCUT2D eigenvalue weighted by molar-refractivity contribution is -0.112. The summed E-state index contributed by atoms with van der Waals surface area (Å²) in [6, 6.07) is 4.95. The Kier molecular flexibility index (Phi) is 2.36. The van der Waals surface area contributed by atoms with Gasteiger partial charge in [0.2, 0.25) is 5.88 Å². The number of thiazole rings is 1. The Morgan fingerprint density at radius 2 is 2.17 bits per heavy atom. The fraction of sp³-hybridized carbons (Fsp3) is 0. The Balaban J connectivity index is 2.41. The third-order valence-electron chi connectivity index (χ3n) is 2.52. The van der Waals surface area contributed by atoms with E-state index in [-0.39, 0.29) is 11.0 Å². The van der Waals surface area contributed by atoms with Crippen LogP contribution in [0.1, 0.15) is 4.88 Å². The third-order valence-corrected chi connectivity index (χ3v) is 3.64. The molecular formula is C11H6ClN3O2S. The first-order valence-corrected chi connectivity index (χ1v) is 6.14. The number of hydrogen-bond donors (Lipinski definition) is 2. The van der Waals surface area contributed by atoms with Gasteiger partial charge in [0.1, 0.15) is 4.88 Å². The van der Waals surface area contributed by atoms with Gasteiger partial charge < -0.3 is 10.8 Å². The number of amides is 1. The number of aromatic nitrogens is 1. The van der Waals surface area contributed by atoms with Crippen molar-refractivity contribution in [2.24, 2.45) is 4.99 Å². The van der Waals surface area contributed by atoms with Gasteiger partial charge in [-0.15, -0.1) is 0 Å². The summed E-state index contributed by atoms with van der Waals surface area (Å²) in [5.74, 6) is -0.685. The maximum absolute atomic E-state index is 11.9. The van der Waals surface area contributed by atoms with E-state index in [4.69, 9.17) is 17.3 Å². The van der Waals surface area contributed by atoms with Crippen LogP contribution >= 0.6 is 22.9 Å². The van der Waals surface area contributed by atoms with E-state index in [0.29, 0.717) is 26.0 Å². The van der Waals surface area contributed by atoms with E-state index >= 15 is 0 Å². The Bertz CT molecular complexity index is 797. The molecule has 0 unspecified atom stereocenters. The van der Waals surface area contributed by atoms with Crippen LogP contribution in [0.5, 0.6) is 5.88 Å². The molecule has 1 aromatic carbocycles. The van der Waals surface area contributed by atoms with Crippen LogP contribution < -0.4 is 16.3 Å². The molecule has 2 heterocycles. The molecule has 7 heteroatoms. The summed E-state index contributed by atoms with van der Waals surface area (Å²) in [4.78, 5) is 19.8. The second kappa shape index (κ2) is 3.79. The van der Waals surface area contributed by atoms with E-state index in [2.05, 4.69) is 9.98 Å². The molecule has 0 saturated heterocycles. The number of benzene rings is 1. The lowest BCUT2D eigenvalue weighted by Gasteiger charge is -1.95. The monoisotopic (exact) mass is 279 g/mol. The normalized spacial score (nSPS) is 13.6. The zero-order valence-corrected chi connectivity index (χ0v) is 10.4. The summed E-state index contributed by atoms with van der Waals surface area (Å²) in [7, 11) is 0. The van der Waals surface area contributed by atoms with Crippen molar-refractivity contribution in [3.8, 4) is 5.88 Å². The Labute approximate surface area is 110 Å². The molecule has 0 aliphatic carbocycles. The molecule has 0 spiro atoms. The van der Waals surface area contributed by atoms with E-state index in [0.717, 1.165) is 11.3 Å². The van der Waals surface area contributed by atoms with Crippen LogP contribution in [0.4, 0.5) is 5.13 Å². The van der Waals surface area contributed by atoms with Crippen molar-refractivity contribution in [3.63, 3.8) is 0 Å². The second-order valence-corrected chi connectivity index (χ2v) is 5.13. The van der Waals surface area contributed by atoms with Crippen LogP contribution in [-0.4, -0.2) is 16.0 Å². The Morgan fingerprint density at radius 1 is 1.39 bits per heavy atom. The molecule has 90 valence electrons. The van der Waals surface area contributed by atoms with Crippen LogP contribution in [0.3, 0.4) is 0 Å². The van der Waals surface area contributed by atoms with Crippen LogP contribution in [0, 0.1) is 0 Å². The van der Waals surface area contributed by atoms with Crippen LogP contribution in [0.25, 0.3) is 5.57 Å². The van der Waals surface area contributed by atoms with Crippen LogP contribution in [-0.2, 0) is 4.79 Å². The van der Waals surface area contributed by atoms with Crippen molar-refractivity contribution in [1.82, 2.24) is 4.98 Å². The lowest BCUT2D eigenvalue weighted by Crippen LogP contribution is -2.22. The summed E-state index contributed by atoms with van der Waals surface area (Å²) >= 11 is 6.94. The highest BCUT2D eigenvalue weighted by Gasteiger charge is 2.24. The van der Waals surface area contributed by atoms with Gasteiger partial charge in [-0.2, -0.15) is 4.98 Å².